The van der Waals surface area contributed by atoms with Gasteiger partial charge >= 0.3 is 0 Å². The van der Waals surface area contributed by atoms with Crippen molar-refractivity contribution in [3.05, 3.63) is 29.8 Å². The molecule has 2 atom stereocenters. The largest absolute Gasteiger partial charge is 0.491 e. The molecule has 1 aromatic rings. The van der Waals surface area contributed by atoms with Gasteiger partial charge in [-0.2, -0.15) is 0 Å². The van der Waals surface area contributed by atoms with E-state index >= 15 is 0 Å². The van der Waals surface area contributed by atoms with Gasteiger partial charge in [-0.25, -0.2) is 0 Å². The predicted molar refractivity (Wildman–Crippen MR) is 65.7 cm³/mol. The highest BCUT2D eigenvalue weighted by Gasteiger charge is 2.03. The molecule has 0 saturated carbocycles. The van der Waals surface area contributed by atoms with Gasteiger partial charge in [0.05, 0.1) is 6.10 Å². The summed E-state index contributed by atoms with van der Waals surface area (Å²) >= 11 is 0. The molecule has 1 rings (SSSR count). The van der Waals surface area contributed by atoms with E-state index in [9.17, 15) is 0 Å². The third-order valence-electron chi connectivity index (χ3n) is 2.38. The molecule has 0 fully saturated rings. The maximum Gasteiger partial charge on any atom is 0.119 e. The number of hydrogen-bond donors (Lipinski definition) is 2. The summed E-state index contributed by atoms with van der Waals surface area (Å²) in [6.45, 7) is 7.23. The molecule has 0 heterocycles. The minimum Gasteiger partial charge on any atom is -0.491 e. The van der Waals surface area contributed by atoms with Crippen LogP contribution in [0.1, 0.15) is 32.4 Å². The van der Waals surface area contributed by atoms with E-state index in [-0.39, 0.29) is 0 Å². The second-order valence-corrected chi connectivity index (χ2v) is 4.01. The lowest BCUT2D eigenvalue weighted by atomic mass is 10.1. The molecule has 0 bridgehead atoms. The van der Waals surface area contributed by atoms with Crippen LogP contribution in [0, 0.1) is 0 Å². The molecule has 0 aromatic heterocycles. The molecule has 3 heteroatoms. The molecule has 0 spiro atoms. The highest BCUT2D eigenvalue weighted by Crippen LogP contribution is 2.17. The third-order valence-corrected chi connectivity index (χ3v) is 2.38. The van der Waals surface area contributed by atoms with Gasteiger partial charge in [-0.1, -0.05) is 19.1 Å². The number of nitrogens with one attached hydrogen (secondary N) is 1. The van der Waals surface area contributed by atoms with Crippen LogP contribution in [0.5, 0.6) is 5.75 Å². The molecule has 0 radical (unpaired) electrons. The highest BCUT2D eigenvalue weighted by atomic mass is 16.5. The average molecular weight is 223 g/mol. The summed E-state index contributed by atoms with van der Waals surface area (Å²) in [5.41, 5.74) is 1.24. The summed E-state index contributed by atoms with van der Waals surface area (Å²) in [7, 11) is 0. The van der Waals surface area contributed by atoms with Crippen LogP contribution in [0.25, 0.3) is 0 Å². The Bertz CT molecular complexity index is 295. The molecule has 2 unspecified atom stereocenters. The first-order valence-electron chi connectivity index (χ1n) is 5.77. The number of ether oxygens (including phenoxy) is 1. The minimum absolute atomic E-state index is 0.335. The molecule has 0 saturated heterocycles. The molecule has 0 amide bonds. The van der Waals surface area contributed by atoms with E-state index < -0.39 is 6.10 Å². The van der Waals surface area contributed by atoms with Crippen LogP contribution in [0.4, 0.5) is 0 Å². The monoisotopic (exact) mass is 223 g/mol. The van der Waals surface area contributed by atoms with Gasteiger partial charge in [0.15, 0.2) is 0 Å². The molecular formula is C13H21NO2. The van der Waals surface area contributed by atoms with Gasteiger partial charge < -0.3 is 15.2 Å². The van der Waals surface area contributed by atoms with Crippen LogP contribution in [-0.2, 0) is 0 Å². The van der Waals surface area contributed by atoms with Gasteiger partial charge in [-0.05, 0) is 38.1 Å². The first kappa shape index (κ1) is 13.0. The quantitative estimate of drug-likeness (QED) is 0.776. The van der Waals surface area contributed by atoms with Gasteiger partial charge in [-0.15, -0.1) is 0 Å². The Balaban J connectivity index is 2.53. The Morgan fingerprint density at radius 2 is 1.88 bits per heavy atom. The second-order valence-electron chi connectivity index (χ2n) is 4.01. The van der Waals surface area contributed by atoms with E-state index in [4.69, 9.17) is 9.84 Å². The number of aliphatic hydroxyl groups excluding tert-OH is 1. The topological polar surface area (TPSA) is 41.5 Å². The molecule has 0 aliphatic heterocycles. The summed E-state index contributed by atoms with van der Waals surface area (Å²) in [5.74, 6) is 0.799. The lowest BCUT2D eigenvalue weighted by Gasteiger charge is -2.13. The van der Waals surface area contributed by atoms with Gasteiger partial charge in [0, 0.05) is 6.04 Å². The van der Waals surface area contributed by atoms with Crippen molar-refractivity contribution >= 4 is 0 Å². The van der Waals surface area contributed by atoms with Crippen molar-refractivity contribution in [3.63, 3.8) is 0 Å². The molecule has 0 aliphatic carbocycles. The summed E-state index contributed by atoms with van der Waals surface area (Å²) in [4.78, 5) is 0. The van der Waals surface area contributed by atoms with Crippen LogP contribution in [-0.4, -0.2) is 24.4 Å². The van der Waals surface area contributed by atoms with Crippen LogP contribution < -0.4 is 10.1 Å². The van der Waals surface area contributed by atoms with Gasteiger partial charge in [0.1, 0.15) is 12.4 Å². The highest BCUT2D eigenvalue weighted by molar-refractivity contribution is 5.28. The molecule has 3 nitrogen and oxygen atoms in total. The normalized spacial score (nSPS) is 14.5. The van der Waals surface area contributed by atoms with Gasteiger partial charge in [0.25, 0.3) is 0 Å². The molecule has 16 heavy (non-hydrogen) atoms. The average Bonchev–Trinajstić information content (AvgIpc) is 2.27. The van der Waals surface area contributed by atoms with Crippen molar-refractivity contribution in [3.8, 4) is 5.75 Å². The third kappa shape index (κ3) is 4.21. The van der Waals surface area contributed by atoms with E-state index in [2.05, 4.69) is 19.2 Å². The first-order valence-corrected chi connectivity index (χ1v) is 5.77. The van der Waals surface area contributed by atoms with E-state index in [0.29, 0.717) is 12.6 Å². The van der Waals surface area contributed by atoms with Gasteiger partial charge in [0.2, 0.25) is 0 Å². The van der Waals surface area contributed by atoms with Crippen molar-refractivity contribution in [2.24, 2.45) is 0 Å². The summed E-state index contributed by atoms with van der Waals surface area (Å²) < 4.78 is 5.39. The lowest BCUT2D eigenvalue weighted by molar-refractivity contribution is 0.122. The van der Waals surface area contributed by atoms with Gasteiger partial charge in [-0.3, -0.25) is 0 Å². The molecule has 1 aromatic carbocycles. The Hall–Kier alpha value is -1.06. The standard InChI is InChI=1S/C13H21NO2/c1-4-14-11(3)12-5-7-13(8-6-12)16-9-10(2)15/h5-8,10-11,14-15H,4,9H2,1-3H3. The smallest absolute Gasteiger partial charge is 0.119 e. The number of hydrogen-bond acceptors (Lipinski definition) is 3. The van der Waals surface area contributed by atoms with Crippen molar-refractivity contribution in [2.45, 2.75) is 32.9 Å². The zero-order valence-electron chi connectivity index (χ0n) is 10.2. The van der Waals surface area contributed by atoms with Crippen molar-refractivity contribution in [2.75, 3.05) is 13.2 Å². The maximum absolute atomic E-state index is 9.09. The number of aliphatic hydroxyl groups is 1. The van der Waals surface area contributed by atoms with E-state index in [1.165, 1.54) is 5.56 Å². The summed E-state index contributed by atoms with van der Waals surface area (Å²) in [6, 6.07) is 8.32. The van der Waals surface area contributed by atoms with Crippen LogP contribution in [0.2, 0.25) is 0 Å². The SMILES string of the molecule is CCNC(C)c1ccc(OCC(C)O)cc1. The predicted octanol–water partition coefficient (Wildman–Crippen LogP) is 2.12. The fourth-order valence-corrected chi connectivity index (χ4v) is 1.49. The van der Waals surface area contributed by atoms with Crippen LogP contribution >= 0.6 is 0 Å². The lowest BCUT2D eigenvalue weighted by Crippen LogP contribution is -2.17. The molecule has 2 N–H and O–H groups in total. The van der Waals surface area contributed by atoms with E-state index in [1.807, 2.05) is 24.3 Å². The zero-order valence-corrected chi connectivity index (χ0v) is 10.2. The fraction of sp³-hybridized carbons (Fsp3) is 0.538. The van der Waals surface area contributed by atoms with Crippen molar-refractivity contribution in [1.29, 1.82) is 0 Å². The Morgan fingerprint density at radius 3 is 2.38 bits per heavy atom. The zero-order chi connectivity index (χ0) is 12.0. The van der Waals surface area contributed by atoms with Crippen molar-refractivity contribution < 1.29 is 9.84 Å². The Morgan fingerprint density at radius 1 is 1.25 bits per heavy atom. The number of rotatable bonds is 6. The molecule has 90 valence electrons. The van der Waals surface area contributed by atoms with Crippen LogP contribution in [0.3, 0.4) is 0 Å². The first-order chi connectivity index (χ1) is 7.63. The molecule has 0 aliphatic rings. The number of benzene rings is 1. The van der Waals surface area contributed by atoms with Crippen molar-refractivity contribution in [1.82, 2.24) is 5.32 Å². The fourth-order valence-electron chi connectivity index (χ4n) is 1.49. The summed E-state index contributed by atoms with van der Waals surface area (Å²) in [6.07, 6.45) is -0.430. The van der Waals surface area contributed by atoms with E-state index in [0.717, 1.165) is 12.3 Å². The maximum atomic E-state index is 9.09. The summed E-state index contributed by atoms with van der Waals surface area (Å²) in [5, 5.41) is 12.4. The minimum atomic E-state index is -0.430. The Labute approximate surface area is 97.4 Å². The molecular weight excluding hydrogens is 202 g/mol. The van der Waals surface area contributed by atoms with E-state index in [1.54, 1.807) is 6.92 Å². The second kappa shape index (κ2) is 6.51. The van der Waals surface area contributed by atoms with Crippen LogP contribution in [0.15, 0.2) is 24.3 Å². The Kier molecular flexibility index (Phi) is 5.29.